The van der Waals surface area contributed by atoms with Crippen LogP contribution in [0, 0.1) is 6.92 Å². The Morgan fingerprint density at radius 2 is 1.90 bits per heavy atom. The summed E-state index contributed by atoms with van der Waals surface area (Å²) in [5.74, 6) is 0.183. The molecule has 3 rings (SSSR count). The molecule has 0 radical (unpaired) electrons. The average molecular weight is 289 g/mol. The van der Waals surface area contributed by atoms with Crippen LogP contribution >= 0.6 is 0 Å². The molecule has 114 valence electrons. The molecule has 2 aliphatic rings. The highest BCUT2D eigenvalue weighted by Crippen LogP contribution is 2.25. The van der Waals surface area contributed by atoms with Crippen LogP contribution in [0.5, 0.6) is 0 Å². The van der Waals surface area contributed by atoms with E-state index >= 15 is 0 Å². The van der Waals surface area contributed by atoms with Gasteiger partial charge in [0, 0.05) is 6.54 Å². The fraction of sp³-hybridized carbons (Fsp3) is 0.588. The van der Waals surface area contributed by atoms with Gasteiger partial charge < -0.3 is 14.4 Å². The molecule has 0 spiro atoms. The lowest BCUT2D eigenvalue weighted by atomic mass is 10.00. The number of hydrogen-bond donors (Lipinski definition) is 0. The van der Waals surface area contributed by atoms with Crippen LogP contribution < -0.4 is 0 Å². The second-order valence-corrected chi connectivity index (χ2v) is 5.92. The summed E-state index contributed by atoms with van der Waals surface area (Å²) in [6.45, 7) is 4.15. The quantitative estimate of drug-likeness (QED) is 0.857. The molecular weight excluding hydrogens is 266 g/mol. The van der Waals surface area contributed by atoms with Gasteiger partial charge in [-0.05, 0) is 31.7 Å². The highest BCUT2D eigenvalue weighted by atomic mass is 16.7. The number of piperidine rings is 1. The SMILES string of the molecule is Cc1ccc(CC(=O)N2CCCCC2C2OCCO2)cc1. The maximum atomic E-state index is 12.6. The number of rotatable bonds is 3. The van der Waals surface area contributed by atoms with Crippen LogP contribution in [0.1, 0.15) is 30.4 Å². The molecule has 0 aromatic heterocycles. The summed E-state index contributed by atoms with van der Waals surface area (Å²) < 4.78 is 11.2. The Balaban J connectivity index is 1.67. The van der Waals surface area contributed by atoms with Crippen LogP contribution in [0.4, 0.5) is 0 Å². The zero-order chi connectivity index (χ0) is 14.7. The fourth-order valence-electron chi connectivity index (χ4n) is 3.13. The summed E-state index contributed by atoms with van der Waals surface area (Å²) in [5, 5.41) is 0. The number of likely N-dealkylation sites (tertiary alicyclic amines) is 1. The van der Waals surface area contributed by atoms with E-state index in [0.717, 1.165) is 31.4 Å². The number of benzene rings is 1. The van der Waals surface area contributed by atoms with Crippen LogP contribution in [-0.4, -0.2) is 42.9 Å². The molecule has 2 fully saturated rings. The molecule has 0 aliphatic carbocycles. The normalized spacial score (nSPS) is 23.5. The third-order valence-corrected chi connectivity index (χ3v) is 4.31. The predicted molar refractivity (Wildman–Crippen MR) is 79.9 cm³/mol. The monoisotopic (exact) mass is 289 g/mol. The largest absolute Gasteiger partial charge is 0.348 e. The highest BCUT2D eigenvalue weighted by Gasteiger charge is 2.35. The Labute approximate surface area is 126 Å². The van der Waals surface area contributed by atoms with Crippen molar-refractivity contribution in [3.63, 3.8) is 0 Å². The van der Waals surface area contributed by atoms with Gasteiger partial charge in [-0.15, -0.1) is 0 Å². The van der Waals surface area contributed by atoms with Crippen LogP contribution in [0.3, 0.4) is 0 Å². The van der Waals surface area contributed by atoms with Crippen molar-refractivity contribution in [1.82, 2.24) is 4.90 Å². The summed E-state index contributed by atoms with van der Waals surface area (Å²) in [6, 6.07) is 8.27. The van der Waals surface area contributed by atoms with Crippen LogP contribution in [-0.2, 0) is 20.7 Å². The van der Waals surface area contributed by atoms with Crippen LogP contribution in [0.2, 0.25) is 0 Å². The van der Waals surface area contributed by atoms with E-state index in [0.29, 0.717) is 19.6 Å². The molecule has 1 aromatic rings. The summed E-state index contributed by atoms with van der Waals surface area (Å²) in [5.41, 5.74) is 2.29. The van der Waals surface area contributed by atoms with Crippen molar-refractivity contribution in [2.24, 2.45) is 0 Å². The Morgan fingerprint density at radius 1 is 1.19 bits per heavy atom. The molecule has 21 heavy (non-hydrogen) atoms. The molecule has 1 unspecified atom stereocenters. The summed E-state index contributed by atoms with van der Waals surface area (Å²) in [7, 11) is 0. The molecule has 1 atom stereocenters. The highest BCUT2D eigenvalue weighted by molar-refractivity contribution is 5.79. The molecule has 2 heterocycles. The first-order chi connectivity index (χ1) is 10.2. The summed E-state index contributed by atoms with van der Waals surface area (Å²) >= 11 is 0. The van der Waals surface area contributed by atoms with Crippen molar-refractivity contribution in [2.45, 2.75) is 44.9 Å². The number of amides is 1. The van der Waals surface area contributed by atoms with E-state index in [9.17, 15) is 4.79 Å². The van der Waals surface area contributed by atoms with Crippen molar-refractivity contribution in [2.75, 3.05) is 19.8 Å². The molecule has 1 aromatic carbocycles. The van der Waals surface area contributed by atoms with Crippen LogP contribution in [0.15, 0.2) is 24.3 Å². The van der Waals surface area contributed by atoms with Crippen molar-refractivity contribution in [1.29, 1.82) is 0 Å². The molecular formula is C17H23NO3. The second-order valence-electron chi connectivity index (χ2n) is 5.92. The van der Waals surface area contributed by atoms with E-state index in [2.05, 4.69) is 19.1 Å². The van der Waals surface area contributed by atoms with Gasteiger partial charge >= 0.3 is 0 Å². The molecule has 2 saturated heterocycles. The van der Waals surface area contributed by atoms with E-state index in [4.69, 9.17) is 9.47 Å². The van der Waals surface area contributed by atoms with Crippen molar-refractivity contribution >= 4 is 5.91 Å². The number of carbonyl (C=O) groups excluding carboxylic acids is 1. The van der Waals surface area contributed by atoms with E-state index in [1.165, 1.54) is 5.56 Å². The number of carbonyl (C=O) groups is 1. The molecule has 2 aliphatic heterocycles. The Kier molecular flexibility index (Phi) is 4.56. The molecule has 4 heteroatoms. The zero-order valence-electron chi connectivity index (χ0n) is 12.6. The predicted octanol–water partition coefficient (Wildman–Crippen LogP) is 2.29. The lowest BCUT2D eigenvalue weighted by Crippen LogP contribution is -2.50. The van der Waals surface area contributed by atoms with Gasteiger partial charge in [0.15, 0.2) is 6.29 Å². The zero-order valence-corrected chi connectivity index (χ0v) is 12.6. The lowest BCUT2D eigenvalue weighted by Gasteiger charge is -2.38. The Bertz CT molecular complexity index is 479. The minimum absolute atomic E-state index is 0.0826. The van der Waals surface area contributed by atoms with Gasteiger partial charge in [0.25, 0.3) is 0 Å². The summed E-state index contributed by atoms with van der Waals surface area (Å²) in [6.07, 6.45) is 3.42. The van der Waals surface area contributed by atoms with Crippen molar-refractivity contribution < 1.29 is 14.3 Å². The van der Waals surface area contributed by atoms with Gasteiger partial charge in [0.05, 0.1) is 25.7 Å². The molecule has 0 N–H and O–H groups in total. The number of nitrogens with zero attached hydrogens (tertiary/aromatic N) is 1. The van der Waals surface area contributed by atoms with E-state index in [1.54, 1.807) is 0 Å². The Morgan fingerprint density at radius 3 is 2.62 bits per heavy atom. The van der Waals surface area contributed by atoms with Gasteiger partial charge in [-0.2, -0.15) is 0 Å². The third-order valence-electron chi connectivity index (χ3n) is 4.31. The molecule has 0 bridgehead atoms. The minimum Gasteiger partial charge on any atom is -0.348 e. The van der Waals surface area contributed by atoms with Gasteiger partial charge in [-0.25, -0.2) is 0 Å². The summed E-state index contributed by atoms with van der Waals surface area (Å²) in [4.78, 5) is 14.6. The number of ether oxygens (including phenoxy) is 2. The standard InChI is InChI=1S/C17H23NO3/c1-13-5-7-14(8-6-13)12-16(19)18-9-3-2-4-15(18)17-20-10-11-21-17/h5-8,15,17H,2-4,9-12H2,1H3. The average Bonchev–Trinajstić information content (AvgIpc) is 3.04. The minimum atomic E-state index is -0.229. The molecule has 4 nitrogen and oxygen atoms in total. The number of aryl methyl sites for hydroxylation is 1. The smallest absolute Gasteiger partial charge is 0.227 e. The van der Waals surface area contributed by atoms with Gasteiger partial charge in [0.2, 0.25) is 5.91 Å². The van der Waals surface area contributed by atoms with Gasteiger partial charge in [-0.1, -0.05) is 29.8 Å². The maximum absolute atomic E-state index is 12.6. The number of hydrogen-bond acceptors (Lipinski definition) is 3. The first-order valence-electron chi connectivity index (χ1n) is 7.82. The van der Waals surface area contributed by atoms with Gasteiger partial charge in [0.1, 0.15) is 0 Å². The maximum Gasteiger partial charge on any atom is 0.227 e. The lowest BCUT2D eigenvalue weighted by molar-refractivity contribution is -0.149. The van der Waals surface area contributed by atoms with Crippen molar-refractivity contribution in [3.05, 3.63) is 35.4 Å². The van der Waals surface area contributed by atoms with Crippen LogP contribution in [0.25, 0.3) is 0 Å². The molecule has 1 amide bonds. The third kappa shape index (κ3) is 3.44. The Hall–Kier alpha value is -1.39. The van der Waals surface area contributed by atoms with E-state index in [-0.39, 0.29) is 18.2 Å². The van der Waals surface area contributed by atoms with Crippen molar-refractivity contribution in [3.8, 4) is 0 Å². The second kappa shape index (κ2) is 6.58. The van der Waals surface area contributed by atoms with Gasteiger partial charge in [-0.3, -0.25) is 4.79 Å². The topological polar surface area (TPSA) is 38.8 Å². The first-order valence-corrected chi connectivity index (χ1v) is 7.82. The van der Waals surface area contributed by atoms with E-state index < -0.39 is 0 Å². The van der Waals surface area contributed by atoms with E-state index in [1.807, 2.05) is 17.0 Å². The fourth-order valence-corrected chi connectivity index (χ4v) is 3.13. The first kappa shape index (κ1) is 14.5. The molecule has 0 saturated carbocycles.